The van der Waals surface area contributed by atoms with Crippen LogP contribution in [-0.4, -0.2) is 28.2 Å². The molecular formula is C3H7NO4P+. The van der Waals surface area contributed by atoms with Gasteiger partial charge in [0, 0.05) is 0 Å². The van der Waals surface area contributed by atoms with Crippen LogP contribution < -0.4 is 5.73 Å². The van der Waals surface area contributed by atoms with Gasteiger partial charge in [-0.2, -0.15) is 4.89 Å². The van der Waals surface area contributed by atoms with Gasteiger partial charge in [-0.3, -0.25) is 4.79 Å². The van der Waals surface area contributed by atoms with Gasteiger partial charge in [0.1, 0.15) is 0 Å². The molecular weight excluding hydrogens is 145 g/mol. The summed E-state index contributed by atoms with van der Waals surface area (Å²) in [5.41, 5.74) is 4.87. The van der Waals surface area contributed by atoms with Gasteiger partial charge in [-0.05, 0) is 4.57 Å². The molecule has 0 aliphatic rings. The monoisotopic (exact) mass is 152 g/mol. The molecule has 0 radical (unpaired) electrons. The van der Waals surface area contributed by atoms with E-state index in [0.717, 1.165) is 0 Å². The zero-order valence-electron chi connectivity index (χ0n) is 4.52. The number of carboxylic acid groups (broad SMARTS) is 1. The highest BCUT2D eigenvalue weighted by Crippen LogP contribution is 2.12. The highest BCUT2D eigenvalue weighted by molar-refractivity contribution is 7.38. The third-order valence-electron chi connectivity index (χ3n) is 0.670. The molecule has 9 heavy (non-hydrogen) atoms. The Bertz CT molecular complexity index is 136. The van der Waals surface area contributed by atoms with Crippen LogP contribution in [0.3, 0.4) is 0 Å². The highest BCUT2D eigenvalue weighted by atomic mass is 31.1. The summed E-state index contributed by atoms with van der Waals surface area (Å²) in [6.07, 6.45) is -0.384. The molecule has 0 rings (SSSR count). The average Bonchev–Trinajstić information content (AvgIpc) is 1.63. The van der Waals surface area contributed by atoms with E-state index in [0.29, 0.717) is 0 Å². The Labute approximate surface area is 52.4 Å². The molecule has 4 N–H and O–H groups in total. The van der Waals surface area contributed by atoms with Crippen LogP contribution in [0.1, 0.15) is 0 Å². The maximum absolute atomic E-state index is 9.92. The van der Waals surface area contributed by atoms with E-state index < -0.39 is 20.0 Å². The predicted octanol–water partition coefficient (Wildman–Crippen LogP) is -0.867. The summed E-state index contributed by atoms with van der Waals surface area (Å²) in [5, 5.41) is 8.07. The first-order valence-corrected chi connectivity index (χ1v) is 3.55. The average molecular weight is 152 g/mol. The number of aliphatic carboxylic acids is 1. The fraction of sp³-hybridized carbons (Fsp3) is 0.667. The molecule has 0 aromatic rings. The van der Waals surface area contributed by atoms with Crippen LogP contribution in [0.2, 0.25) is 0 Å². The van der Waals surface area contributed by atoms with Crippen molar-refractivity contribution in [3.05, 3.63) is 0 Å². The summed E-state index contributed by atoms with van der Waals surface area (Å²) in [6.45, 7) is 0. The Balaban J connectivity index is 3.63. The molecule has 0 aliphatic heterocycles. The van der Waals surface area contributed by atoms with Crippen molar-refractivity contribution in [2.24, 2.45) is 5.73 Å². The molecule has 0 heterocycles. The molecule has 0 bridgehead atoms. The smallest absolute Gasteiger partial charge is 0.480 e. The van der Waals surface area contributed by atoms with Gasteiger partial charge in [-0.25, -0.2) is 0 Å². The Kier molecular flexibility index (Phi) is 3.30. The Hall–Kier alpha value is -0.510. The van der Waals surface area contributed by atoms with E-state index >= 15 is 0 Å². The van der Waals surface area contributed by atoms with Crippen LogP contribution in [0.5, 0.6) is 0 Å². The number of carboxylic acids is 1. The standard InChI is InChI=1S/C3H6NO4P/c4-2(3(5)6)1-9(7)8/h2H,1,4H2,(H-,5,6,7,8)/p+1/t2-/m0/s1. The molecule has 1 unspecified atom stereocenters. The van der Waals surface area contributed by atoms with E-state index in [2.05, 4.69) is 0 Å². The third kappa shape index (κ3) is 4.02. The largest absolute Gasteiger partial charge is 0.507 e. The first-order chi connectivity index (χ1) is 4.04. The summed E-state index contributed by atoms with van der Waals surface area (Å²) in [5.74, 6) is -1.26. The van der Waals surface area contributed by atoms with Gasteiger partial charge in [0.05, 0.1) is 0 Å². The Morgan fingerprint density at radius 2 is 2.22 bits per heavy atom. The minimum Gasteiger partial charge on any atom is -0.480 e. The fourth-order valence-electron chi connectivity index (χ4n) is 0.246. The van der Waals surface area contributed by atoms with Crippen molar-refractivity contribution in [1.82, 2.24) is 0 Å². The molecule has 0 aromatic carbocycles. The van der Waals surface area contributed by atoms with Gasteiger partial charge < -0.3 is 10.8 Å². The van der Waals surface area contributed by atoms with Crippen LogP contribution in [0, 0.1) is 0 Å². The molecule has 0 amide bonds. The first kappa shape index (κ1) is 8.49. The summed E-state index contributed by atoms with van der Waals surface area (Å²) >= 11 is 0. The van der Waals surface area contributed by atoms with Crippen molar-refractivity contribution >= 4 is 14.0 Å². The van der Waals surface area contributed by atoms with E-state index in [-0.39, 0.29) is 6.16 Å². The highest BCUT2D eigenvalue weighted by Gasteiger charge is 2.23. The van der Waals surface area contributed by atoms with Gasteiger partial charge in [-0.15, -0.1) is 0 Å². The van der Waals surface area contributed by atoms with E-state index in [1.165, 1.54) is 0 Å². The van der Waals surface area contributed by atoms with Crippen LogP contribution in [0.25, 0.3) is 0 Å². The quantitative estimate of drug-likeness (QED) is 0.456. The van der Waals surface area contributed by atoms with Gasteiger partial charge >= 0.3 is 14.0 Å². The number of nitrogens with two attached hydrogens (primary N) is 1. The Morgan fingerprint density at radius 1 is 1.78 bits per heavy atom. The van der Waals surface area contributed by atoms with Crippen LogP contribution in [0.4, 0.5) is 0 Å². The summed E-state index contributed by atoms with van der Waals surface area (Å²) < 4.78 is 9.92. The van der Waals surface area contributed by atoms with E-state index in [1.54, 1.807) is 0 Å². The molecule has 52 valence electrons. The summed E-state index contributed by atoms with van der Waals surface area (Å²) in [6, 6.07) is -1.22. The maximum Gasteiger partial charge on any atom is 0.507 e. The molecule has 2 atom stereocenters. The minimum absolute atomic E-state index is 0.384. The summed E-state index contributed by atoms with van der Waals surface area (Å²) in [4.78, 5) is 18.0. The molecule has 0 aliphatic carbocycles. The Morgan fingerprint density at radius 3 is 2.33 bits per heavy atom. The molecule has 0 fully saturated rings. The van der Waals surface area contributed by atoms with Crippen LogP contribution in [-0.2, 0) is 9.36 Å². The number of hydrogen-bond donors (Lipinski definition) is 3. The van der Waals surface area contributed by atoms with Crippen molar-refractivity contribution in [3.8, 4) is 0 Å². The second kappa shape index (κ2) is 3.50. The minimum atomic E-state index is -2.43. The van der Waals surface area contributed by atoms with Gasteiger partial charge in [-0.1, -0.05) is 0 Å². The van der Waals surface area contributed by atoms with Gasteiger partial charge in [0.2, 0.25) is 6.16 Å². The van der Waals surface area contributed by atoms with E-state index in [4.69, 9.17) is 15.7 Å². The van der Waals surface area contributed by atoms with Crippen molar-refractivity contribution in [2.75, 3.05) is 6.16 Å². The lowest BCUT2D eigenvalue weighted by molar-refractivity contribution is -0.138. The molecule has 0 spiro atoms. The normalized spacial score (nSPS) is 14.7. The zero-order valence-corrected chi connectivity index (χ0v) is 5.41. The van der Waals surface area contributed by atoms with Crippen molar-refractivity contribution in [2.45, 2.75) is 6.04 Å². The van der Waals surface area contributed by atoms with E-state index in [1.807, 2.05) is 0 Å². The lowest BCUT2D eigenvalue weighted by Crippen LogP contribution is -2.32. The van der Waals surface area contributed by atoms with Crippen molar-refractivity contribution in [3.63, 3.8) is 0 Å². The topological polar surface area (TPSA) is 101 Å². The molecule has 6 heteroatoms. The van der Waals surface area contributed by atoms with Crippen molar-refractivity contribution in [1.29, 1.82) is 0 Å². The zero-order chi connectivity index (χ0) is 7.44. The van der Waals surface area contributed by atoms with Crippen LogP contribution >= 0.6 is 8.03 Å². The second-order valence-corrected chi connectivity index (χ2v) is 2.55. The van der Waals surface area contributed by atoms with Crippen LogP contribution in [0.15, 0.2) is 0 Å². The lowest BCUT2D eigenvalue weighted by Gasteiger charge is -1.93. The van der Waals surface area contributed by atoms with E-state index in [9.17, 15) is 9.36 Å². The maximum atomic E-state index is 9.92. The number of carbonyl (C=O) groups is 1. The molecule has 0 saturated heterocycles. The predicted molar refractivity (Wildman–Crippen MR) is 30.3 cm³/mol. The second-order valence-electron chi connectivity index (χ2n) is 1.48. The number of hydrogen-bond acceptors (Lipinski definition) is 3. The molecule has 5 nitrogen and oxygen atoms in total. The first-order valence-electron chi connectivity index (χ1n) is 2.16. The fourth-order valence-corrected chi connectivity index (χ4v) is 0.739. The third-order valence-corrected chi connectivity index (χ3v) is 1.38. The molecule has 0 saturated carbocycles. The summed E-state index contributed by atoms with van der Waals surface area (Å²) in [7, 11) is -2.43. The van der Waals surface area contributed by atoms with Crippen molar-refractivity contribution < 1.29 is 19.4 Å². The van der Waals surface area contributed by atoms with Gasteiger partial charge in [0.25, 0.3) is 0 Å². The SMILES string of the molecule is N[C@@H](C[P+](=O)O)C(=O)O. The lowest BCUT2D eigenvalue weighted by atomic mass is 10.4. The molecule has 0 aromatic heterocycles. The van der Waals surface area contributed by atoms with Gasteiger partial charge in [0.15, 0.2) is 6.04 Å². The number of rotatable bonds is 3.